The predicted molar refractivity (Wildman–Crippen MR) is 188 cm³/mol. The van der Waals surface area contributed by atoms with Crippen LogP contribution in [0, 0.1) is 17.8 Å². The molecule has 1 heterocycles. The number of hydrogen-bond donors (Lipinski definition) is 0. The van der Waals surface area contributed by atoms with Crippen molar-refractivity contribution in [3.05, 3.63) is 72.8 Å². The van der Waals surface area contributed by atoms with Crippen molar-refractivity contribution >= 4 is 33.3 Å². The molecule has 1 aliphatic heterocycles. The first-order valence-corrected chi connectivity index (χ1v) is 21.1. The van der Waals surface area contributed by atoms with E-state index in [-0.39, 0.29) is 52.9 Å². The smallest absolute Gasteiger partial charge is 0.261 e. The number of rotatable bonds is 13. The molecule has 2 aromatic carbocycles. The topological polar surface area (TPSA) is 54.0 Å². The molecule has 3 rings (SSSR count). The third-order valence-corrected chi connectivity index (χ3v) is 19.2. The molecule has 5 nitrogen and oxygen atoms in total. The van der Waals surface area contributed by atoms with E-state index in [2.05, 4.69) is 141 Å². The first-order chi connectivity index (χ1) is 20.5. The zero-order chi connectivity index (χ0) is 32.8. The Morgan fingerprint density at radius 3 is 1.89 bits per heavy atom. The Bertz CT molecular complexity index is 1150. The summed E-state index contributed by atoms with van der Waals surface area (Å²) in [6.45, 7) is 25.8. The second-order valence-corrected chi connectivity index (χ2v) is 24.4. The Labute approximate surface area is 270 Å². The average Bonchev–Trinajstić information content (AvgIpc) is 2.98. The molecule has 244 valence electrons. The van der Waals surface area contributed by atoms with Gasteiger partial charge in [0.05, 0.1) is 18.3 Å². The highest BCUT2D eigenvalue weighted by Crippen LogP contribution is 2.41. The minimum Gasteiger partial charge on any atom is -0.413 e. The first-order valence-electron chi connectivity index (χ1n) is 16.3. The highest BCUT2D eigenvalue weighted by Gasteiger charge is 2.51. The maximum atomic E-state index is 11.4. The molecule has 0 spiro atoms. The largest absolute Gasteiger partial charge is 0.413 e. The van der Waals surface area contributed by atoms with Crippen LogP contribution in [-0.2, 0) is 23.1 Å². The van der Waals surface area contributed by atoms with Crippen molar-refractivity contribution < 1.29 is 23.1 Å². The van der Waals surface area contributed by atoms with Crippen molar-refractivity contribution in [3.63, 3.8) is 0 Å². The van der Waals surface area contributed by atoms with E-state index < -0.39 is 16.6 Å². The molecular formula is C37H58O5Si2. The van der Waals surface area contributed by atoms with Crippen LogP contribution in [0.1, 0.15) is 68.7 Å². The van der Waals surface area contributed by atoms with E-state index >= 15 is 0 Å². The van der Waals surface area contributed by atoms with Gasteiger partial charge < -0.3 is 23.1 Å². The predicted octanol–water partition coefficient (Wildman–Crippen LogP) is 7.75. The summed E-state index contributed by atoms with van der Waals surface area (Å²) >= 11 is 0. The Balaban J connectivity index is 1.94. The van der Waals surface area contributed by atoms with Gasteiger partial charge in [-0.2, -0.15) is 0 Å². The molecule has 1 saturated heterocycles. The van der Waals surface area contributed by atoms with Crippen LogP contribution < -0.4 is 10.4 Å². The van der Waals surface area contributed by atoms with Crippen LogP contribution in [0.3, 0.4) is 0 Å². The molecule has 0 bridgehead atoms. The SMILES string of the molecule is C[C@H](C=O)[C@@H]1C[C@@H](/C=C\[C@H](C)[C@H](O[Si](C)(C)C(C)(C)C)[C@@H](C)CO[Si](c2ccccc2)(c2ccccc2)C(C)(C)C)OCO1. The van der Waals surface area contributed by atoms with Crippen molar-refractivity contribution in [1.82, 2.24) is 0 Å². The van der Waals surface area contributed by atoms with Crippen LogP contribution in [0.2, 0.25) is 23.2 Å². The van der Waals surface area contributed by atoms with Gasteiger partial charge in [-0.3, -0.25) is 0 Å². The Morgan fingerprint density at radius 1 is 0.864 bits per heavy atom. The average molecular weight is 639 g/mol. The van der Waals surface area contributed by atoms with Crippen LogP contribution in [-0.4, -0.2) is 54.6 Å². The number of carbonyl (C=O) groups excluding carboxylic acids is 1. The first kappa shape index (κ1) is 36.6. The molecule has 0 aliphatic carbocycles. The van der Waals surface area contributed by atoms with Crippen LogP contribution in [0.25, 0.3) is 0 Å². The summed E-state index contributed by atoms with van der Waals surface area (Å²) in [5.74, 6) is 0.125. The molecule has 7 heteroatoms. The van der Waals surface area contributed by atoms with Crippen molar-refractivity contribution in [1.29, 1.82) is 0 Å². The number of hydrogen-bond acceptors (Lipinski definition) is 5. The van der Waals surface area contributed by atoms with Gasteiger partial charge in [0.25, 0.3) is 8.32 Å². The monoisotopic (exact) mass is 638 g/mol. The molecule has 0 unspecified atom stereocenters. The van der Waals surface area contributed by atoms with E-state index in [0.717, 1.165) is 6.29 Å². The van der Waals surface area contributed by atoms with Gasteiger partial charge in [0.2, 0.25) is 0 Å². The Kier molecular flexibility index (Phi) is 12.6. The Hall–Kier alpha value is -1.88. The lowest BCUT2D eigenvalue weighted by Gasteiger charge is -2.45. The normalized spacial score (nSPS) is 21.5. The van der Waals surface area contributed by atoms with Crippen LogP contribution in [0.4, 0.5) is 0 Å². The third kappa shape index (κ3) is 8.68. The number of ether oxygens (including phenoxy) is 2. The lowest BCUT2D eigenvalue weighted by Crippen LogP contribution is -2.67. The summed E-state index contributed by atoms with van der Waals surface area (Å²) in [4.78, 5) is 11.4. The maximum absolute atomic E-state index is 11.4. The van der Waals surface area contributed by atoms with Gasteiger partial charge >= 0.3 is 0 Å². The maximum Gasteiger partial charge on any atom is 0.261 e. The Morgan fingerprint density at radius 2 is 1.41 bits per heavy atom. The summed E-state index contributed by atoms with van der Waals surface area (Å²) in [6.07, 6.45) is 5.79. The van der Waals surface area contributed by atoms with E-state index in [0.29, 0.717) is 13.0 Å². The highest BCUT2D eigenvalue weighted by atomic mass is 28.4. The van der Waals surface area contributed by atoms with E-state index in [1.165, 1.54) is 10.4 Å². The van der Waals surface area contributed by atoms with Gasteiger partial charge in [-0.15, -0.1) is 0 Å². The molecule has 6 atom stereocenters. The van der Waals surface area contributed by atoms with E-state index in [9.17, 15) is 4.79 Å². The summed E-state index contributed by atoms with van der Waals surface area (Å²) < 4.78 is 26.2. The molecule has 2 aromatic rings. The fourth-order valence-corrected chi connectivity index (χ4v) is 12.1. The third-order valence-electron chi connectivity index (χ3n) is 9.75. The summed E-state index contributed by atoms with van der Waals surface area (Å²) in [5, 5.41) is 2.56. The van der Waals surface area contributed by atoms with Crippen LogP contribution in [0.5, 0.6) is 0 Å². The standard InChI is InChI=1S/C37H58O5Si2/c1-28(22-23-31-24-34(29(2)25-38)40-27-39-31)35(42-43(10,11)36(4,5)6)30(3)26-41-44(37(7,8)9,32-18-14-12-15-19-32)33-20-16-13-17-21-33/h12-23,25,28-31,34-35H,24,26-27H2,1-11H3/b23-22-/t28-,29+,30-,31+,34-,35-/m0/s1. The number of benzene rings is 2. The van der Waals surface area contributed by atoms with Gasteiger partial charge in [0, 0.05) is 24.9 Å². The van der Waals surface area contributed by atoms with Gasteiger partial charge in [-0.05, 0) is 39.5 Å². The van der Waals surface area contributed by atoms with Gasteiger partial charge in [-0.1, -0.05) is 135 Å². The van der Waals surface area contributed by atoms with E-state index in [4.69, 9.17) is 18.3 Å². The molecule has 44 heavy (non-hydrogen) atoms. The lowest BCUT2D eigenvalue weighted by atomic mass is 9.92. The quantitative estimate of drug-likeness (QED) is 0.128. The molecule has 0 amide bonds. The zero-order valence-corrected chi connectivity index (χ0v) is 31.1. The minimum absolute atomic E-state index is 0.0325. The number of carbonyl (C=O) groups is 1. The molecule has 0 saturated carbocycles. The summed E-state index contributed by atoms with van der Waals surface area (Å²) in [6, 6.07) is 21.7. The van der Waals surface area contributed by atoms with Crippen molar-refractivity contribution in [2.24, 2.45) is 17.8 Å². The lowest BCUT2D eigenvalue weighted by molar-refractivity contribution is -0.174. The van der Waals surface area contributed by atoms with Gasteiger partial charge in [-0.25, -0.2) is 0 Å². The second kappa shape index (κ2) is 15.1. The molecule has 0 aromatic heterocycles. The zero-order valence-electron chi connectivity index (χ0n) is 29.1. The van der Waals surface area contributed by atoms with E-state index in [1.807, 2.05) is 6.92 Å². The molecule has 0 N–H and O–H groups in total. The van der Waals surface area contributed by atoms with Gasteiger partial charge in [0.15, 0.2) is 8.32 Å². The van der Waals surface area contributed by atoms with Crippen molar-refractivity contribution in [3.8, 4) is 0 Å². The van der Waals surface area contributed by atoms with Crippen molar-refractivity contribution in [2.45, 2.75) is 110 Å². The van der Waals surface area contributed by atoms with Gasteiger partial charge in [0.1, 0.15) is 13.1 Å². The fourth-order valence-electron chi connectivity index (χ4n) is 5.95. The molecule has 0 radical (unpaired) electrons. The fraction of sp³-hybridized carbons (Fsp3) is 0.595. The minimum atomic E-state index is -2.68. The van der Waals surface area contributed by atoms with Crippen molar-refractivity contribution in [2.75, 3.05) is 13.4 Å². The number of aldehydes is 1. The highest BCUT2D eigenvalue weighted by molar-refractivity contribution is 6.99. The van der Waals surface area contributed by atoms with E-state index in [1.54, 1.807) is 0 Å². The second-order valence-electron chi connectivity index (χ2n) is 15.3. The molecule has 1 aliphatic rings. The van der Waals surface area contributed by atoms with Crippen LogP contribution >= 0.6 is 0 Å². The summed E-state index contributed by atoms with van der Waals surface area (Å²) in [5.41, 5.74) is 0. The molecular weight excluding hydrogens is 581 g/mol. The summed E-state index contributed by atoms with van der Waals surface area (Å²) in [7, 11) is -4.78. The van der Waals surface area contributed by atoms with Crippen LogP contribution in [0.15, 0.2) is 72.8 Å². The molecule has 1 fully saturated rings.